The summed E-state index contributed by atoms with van der Waals surface area (Å²) in [6.07, 6.45) is 7.52. The third-order valence-electron chi connectivity index (χ3n) is 7.04. The Bertz CT molecular complexity index is 974. The van der Waals surface area contributed by atoms with Gasteiger partial charge in [-0.3, -0.25) is 9.59 Å². The van der Waals surface area contributed by atoms with Gasteiger partial charge in [0.25, 0.3) is 5.91 Å². The Kier molecular flexibility index (Phi) is 4.83. The number of carbonyl (C=O) groups excluding carboxylic acids is 2. The van der Waals surface area contributed by atoms with Crippen LogP contribution in [0.25, 0.3) is 0 Å². The minimum absolute atomic E-state index is 0.000169. The van der Waals surface area contributed by atoms with Crippen molar-refractivity contribution in [1.29, 1.82) is 0 Å². The van der Waals surface area contributed by atoms with Gasteiger partial charge in [-0.1, -0.05) is 12.1 Å². The first kappa shape index (κ1) is 19.3. The Morgan fingerprint density at radius 3 is 2.87 bits per heavy atom. The summed E-state index contributed by atoms with van der Waals surface area (Å²) in [5, 5.41) is 0. The Hall–Kier alpha value is -2.70. The predicted molar refractivity (Wildman–Crippen MR) is 109 cm³/mol. The molecule has 7 heteroatoms. The molecule has 2 aromatic rings. The summed E-state index contributed by atoms with van der Waals surface area (Å²) in [7, 11) is 1.86. The van der Waals surface area contributed by atoms with Gasteiger partial charge in [0.1, 0.15) is 11.5 Å². The third-order valence-corrected chi connectivity index (χ3v) is 7.04. The van der Waals surface area contributed by atoms with Gasteiger partial charge in [0, 0.05) is 44.8 Å². The first-order valence-electron chi connectivity index (χ1n) is 10.8. The lowest BCUT2D eigenvalue weighted by atomic mass is 9.70. The van der Waals surface area contributed by atoms with Gasteiger partial charge in [0.05, 0.1) is 6.33 Å². The minimum atomic E-state index is -0.252. The Morgan fingerprint density at radius 1 is 1.27 bits per heavy atom. The van der Waals surface area contributed by atoms with Crippen molar-refractivity contribution in [3.63, 3.8) is 0 Å². The first-order chi connectivity index (χ1) is 14.5. The maximum absolute atomic E-state index is 13.8. The molecule has 30 heavy (non-hydrogen) atoms. The van der Waals surface area contributed by atoms with E-state index in [0.717, 1.165) is 24.8 Å². The highest BCUT2D eigenvalue weighted by Gasteiger charge is 2.50. The van der Waals surface area contributed by atoms with Crippen LogP contribution >= 0.6 is 0 Å². The number of benzene rings is 1. The zero-order valence-corrected chi connectivity index (χ0v) is 17.2. The van der Waals surface area contributed by atoms with Crippen LogP contribution in [-0.4, -0.2) is 56.3 Å². The van der Waals surface area contributed by atoms with Crippen molar-refractivity contribution in [2.75, 3.05) is 13.1 Å². The van der Waals surface area contributed by atoms with Gasteiger partial charge in [0.2, 0.25) is 5.91 Å². The molecular formula is C23H27FN4O2. The number of piperidine rings is 3. The molecule has 3 aliphatic heterocycles. The van der Waals surface area contributed by atoms with E-state index >= 15 is 0 Å². The highest BCUT2D eigenvalue weighted by Crippen LogP contribution is 2.42. The summed E-state index contributed by atoms with van der Waals surface area (Å²) in [6.45, 7) is 1.29. The van der Waals surface area contributed by atoms with Crippen LogP contribution in [0.15, 0.2) is 36.8 Å². The van der Waals surface area contributed by atoms with E-state index < -0.39 is 0 Å². The zero-order valence-electron chi connectivity index (χ0n) is 17.2. The molecule has 1 aromatic carbocycles. The molecule has 0 aliphatic carbocycles. The van der Waals surface area contributed by atoms with Gasteiger partial charge < -0.3 is 14.4 Å². The number of hydrogen-bond donors (Lipinski definition) is 0. The van der Waals surface area contributed by atoms with Crippen molar-refractivity contribution in [2.45, 2.75) is 44.2 Å². The number of aryl methyl sites for hydroxylation is 1. The van der Waals surface area contributed by atoms with E-state index in [9.17, 15) is 14.0 Å². The molecule has 4 heterocycles. The van der Waals surface area contributed by atoms with E-state index in [1.54, 1.807) is 29.2 Å². The minimum Gasteiger partial charge on any atom is -0.340 e. The number of carbonyl (C=O) groups is 2. The fourth-order valence-corrected chi connectivity index (χ4v) is 5.79. The van der Waals surface area contributed by atoms with Gasteiger partial charge >= 0.3 is 0 Å². The number of rotatable bonds is 3. The molecule has 0 N–H and O–H groups in total. The topological polar surface area (TPSA) is 58.4 Å². The molecule has 0 saturated carbocycles. The number of halogens is 1. The van der Waals surface area contributed by atoms with Crippen molar-refractivity contribution in [3.05, 3.63) is 53.9 Å². The van der Waals surface area contributed by atoms with E-state index in [-0.39, 0.29) is 35.6 Å². The molecule has 3 fully saturated rings. The molecule has 4 atom stereocenters. The van der Waals surface area contributed by atoms with E-state index in [0.29, 0.717) is 37.5 Å². The Balaban J connectivity index is 1.44. The van der Waals surface area contributed by atoms with Crippen LogP contribution in [0.1, 0.15) is 41.7 Å². The lowest BCUT2D eigenvalue weighted by Gasteiger charge is -2.56. The number of imidazole rings is 1. The second kappa shape index (κ2) is 7.52. The largest absolute Gasteiger partial charge is 0.340 e. The number of hydrogen-bond acceptors (Lipinski definition) is 3. The van der Waals surface area contributed by atoms with Gasteiger partial charge in [-0.25, -0.2) is 9.37 Å². The third kappa shape index (κ3) is 3.40. The number of aromatic nitrogens is 2. The maximum atomic E-state index is 13.8. The van der Waals surface area contributed by atoms with Crippen molar-refractivity contribution in [2.24, 2.45) is 18.9 Å². The van der Waals surface area contributed by atoms with E-state index in [1.165, 1.54) is 6.07 Å². The van der Waals surface area contributed by atoms with Crippen LogP contribution in [0.3, 0.4) is 0 Å². The molecule has 0 unspecified atom stereocenters. The lowest BCUT2D eigenvalue weighted by molar-refractivity contribution is -0.151. The summed E-state index contributed by atoms with van der Waals surface area (Å²) >= 11 is 0. The molecule has 1 aromatic heterocycles. The van der Waals surface area contributed by atoms with Crippen molar-refractivity contribution in [1.82, 2.24) is 19.4 Å². The van der Waals surface area contributed by atoms with E-state index in [1.807, 2.05) is 18.0 Å². The molecule has 3 saturated heterocycles. The average molecular weight is 410 g/mol. The molecule has 158 valence electrons. The molecule has 6 nitrogen and oxygen atoms in total. The fourth-order valence-electron chi connectivity index (χ4n) is 5.79. The standard InChI is InChI=1S/C23H27FN4O2/c1-26-13-19(25-14-26)23(30)27-11-16-10-17(12-27)21(9-15-4-2-5-18(24)8-15)28-20(16)6-3-7-22(28)29/h2,4-5,8,13-14,16-17,20-21H,3,6-7,9-12H2,1H3/t16-,17+,20+,21+/m1/s1. The highest BCUT2D eigenvalue weighted by molar-refractivity contribution is 5.92. The van der Waals surface area contributed by atoms with Gasteiger partial charge in [-0.2, -0.15) is 0 Å². The number of amides is 2. The zero-order chi connectivity index (χ0) is 20.8. The summed E-state index contributed by atoms with van der Waals surface area (Å²) in [4.78, 5) is 34.3. The van der Waals surface area contributed by atoms with Crippen LogP contribution < -0.4 is 0 Å². The van der Waals surface area contributed by atoms with Crippen LogP contribution in [0.4, 0.5) is 4.39 Å². The quantitative estimate of drug-likeness (QED) is 0.782. The van der Waals surface area contributed by atoms with Crippen LogP contribution in [0.2, 0.25) is 0 Å². The smallest absolute Gasteiger partial charge is 0.274 e. The summed E-state index contributed by atoms with van der Waals surface area (Å²) in [5.41, 5.74) is 1.37. The molecule has 0 radical (unpaired) electrons. The number of fused-ring (bicyclic) bond motifs is 4. The summed E-state index contributed by atoms with van der Waals surface area (Å²) in [5.74, 6) is 0.415. The second-order valence-electron chi connectivity index (χ2n) is 9.05. The molecule has 2 bridgehead atoms. The molecule has 2 amide bonds. The highest BCUT2D eigenvalue weighted by atomic mass is 19.1. The fraction of sp³-hybridized carbons (Fsp3) is 0.522. The Morgan fingerprint density at radius 2 is 2.10 bits per heavy atom. The normalized spacial score (nSPS) is 28.4. The Labute approximate surface area is 175 Å². The predicted octanol–water partition coefficient (Wildman–Crippen LogP) is 2.64. The van der Waals surface area contributed by atoms with Gasteiger partial charge in [-0.05, 0) is 55.2 Å². The summed E-state index contributed by atoms with van der Waals surface area (Å²) in [6, 6.07) is 6.83. The van der Waals surface area contributed by atoms with Crippen LogP contribution in [-0.2, 0) is 18.3 Å². The van der Waals surface area contributed by atoms with Crippen molar-refractivity contribution in [3.8, 4) is 0 Å². The van der Waals surface area contributed by atoms with E-state index in [2.05, 4.69) is 9.88 Å². The molecular weight excluding hydrogens is 383 g/mol. The summed E-state index contributed by atoms with van der Waals surface area (Å²) < 4.78 is 15.6. The monoisotopic (exact) mass is 410 g/mol. The molecule has 3 aliphatic rings. The van der Waals surface area contributed by atoms with Crippen molar-refractivity contribution < 1.29 is 14.0 Å². The SMILES string of the molecule is Cn1cnc(C(=O)N2C[C@H]3C[C@@H](C2)[C@H](Cc2cccc(F)c2)N2C(=O)CCC[C@@H]32)c1. The maximum Gasteiger partial charge on any atom is 0.274 e. The number of likely N-dealkylation sites (tertiary alicyclic amines) is 1. The van der Waals surface area contributed by atoms with Crippen LogP contribution in [0, 0.1) is 17.7 Å². The van der Waals surface area contributed by atoms with Gasteiger partial charge in [0.15, 0.2) is 0 Å². The average Bonchev–Trinajstić information content (AvgIpc) is 3.17. The van der Waals surface area contributed by atoms with Crippen LogP contribution in [0.5, 0.6) is 0 Å². The van der Waals surface area contributed by atoms with Crippen molar-refractivity contribution >= 4 is 11.8 Å². The van der Waals surface area contributed by atoms with Gasteiger partial charge in [-0.15, -0.1) is 0 Å². The second-order valence-corrected chi connectivity index (χ2v) is 9.05. The van der Waals surface area contributed by atoms with E-state index in [4.69, 9.17) is 0 Å². The lowest BCUT2D eigenvalue weighted by Crippen LogP contribution is -2.66. The first-order valence-corrected chi connectivity index (χ1v) is 10.8. The molecule has 0 spiro atoms. The molecule has 5 rings (SSSR count). The number of nitrogens with zero attached hydrogens (tertiary/aromatic N) is 4.